The smallest absolute Gasteiger partial charge is 0.271 e. The van der Waals surface area contributed by atoms with Crippen molar-refractivity contribution in [2.45, 2.75) is 57.0 Å². The van der Waals surface area contributed by atoms with Crippen LogP contribution in [-0.4, -0.2) is 28.0 Å². The number of carbonyl (C=O) groups excluding carboxylic acids is 1. The predicted octanol–water partition coefficient (Wildman–Crippen LogP) is 2.11. The van der Waals surface area contributed by atoms with Gasteiger partial charge in [0.05, 0.1) is 12.4 Å². The fourth-order valence-electron chi connectivity index (χ4n) is 2.46. The molecule has 1 amide bonds. The number of nitrogens with one attached hydrogen (secondary N) is 2. The molecule has 1 aromatic heterocycles. The van der Waals surface area contributed by atoms with E-state index in [0.717, 1.165) is 18.7 Å². The minimum atomic E-state index is -0.0997. The van der Waals surface area contributed by atoms with E-state index in [1.165, 1.54) is 32.1 Å². The van der Waals surface area contributed by atoms with Crippen molar-refractivity contribution in [1.29, 1.82) is 0 Å². The van der Waals surface area contributed by atoms with E-state index in [4.69, 9.17) is 0 Å². The second-order valence-electron chi connectivity index (χ2n) is 5.51. The van der Waals surface area contributed by atoms with Gasteiger partial charge in [-0.3, -0.25) is 4.79 Å². The van der Waals surface area contributed by atoms with Gasteiger partial charge >= 0.3 is 0 Å². The van der Waals surface area contributed by atoms with Crippen LogP contribution in [0.3, 0.4) is 0 Å². The summed E-state index contributed by atoms with van der Waals surface area (Å²) in [7, 11) is 0. The maximum absolute atomic E-state index is 12.0. The van der Waals surface area contributed by atoms with Crippen LogP contribution in [0.5, 0.6) is 0 Å². The van der Waals surface area contributed by atoms with E-state index >= 15 is 0 Å². The normalized spacial score (nSPS) is 20.0. The van der Waals surface area contributed by atoms with Crippen LogP contribution in [0.1, 0.15) is 55.4 Å². The number of nitrogens with zero attached hydrogens (tertiary/aromatic N) is 2. The van der Waals surface area contributed by atoms with Crippen LogP contribution in [0.15, 0.2) is 12.4 Å². The van der Waals surface area contributed by atoms with Gasteiger partial charge in [-0.05, 0) is 25.7 Å². The number of hydrogen-bond donors (Lipinski definition) is 2. The summed E-state index contributed by atoms with van der Waals surface area (Å²) < 4.78 is 0. The summed E-state index contributed by atoms with van der Waals surface area (Å²) in [6.45, 7) is 0. The molecule has 1 aromatic rings. The van der Waals surface area contributed by atoms with E-state index in [2.05, 4.69) is 20.6 Å². The Kier molecular flexibility index (Phi) is 3.62. The highest BCUT2D eigenvalue weighted by Gasteiger charge is 2.22. The third-order valence-electron chi connectivity index (χ3n) is 3.75. The van der Waals surface area contributed by atoms with Crippen molar-refractivity contribution in [2.24, 2.45) is 0 Å². The Bertz CT molecular complexity index is 435. The Hall–Kier alpha value is -1.65. The molecule has 0 bridgehead atoms. The van der Waals surface area contributed by atoms with Crippen molar-refractivity contribution in [3.8, 4) is 0 Å². The van der Waals surface area contributed by atoms with Gasteiger partial charge in [-0.2, -0.15) is 0 Å². The van der Waals surface area contributed by atoms with Crippen LogP contribution in [0.2, 0.25) is 0 Å². The van der Waals surface area contributed by atoms with Gasteiger partial charge in [0.15, 0.2) is 0 Å². The zero-order chi connectivity index (χ0) is 13.1. The van der Waals surface area contributed by atoms with Gasteiger partial charge in [-0.25, -0.2) is 9.97 Å². The van der Waals surface area contributed by atoms with E-state index in [1.54, 1.807) is 12.4 Å². The zero-order valence-electron chi connectivity index (χ0n) is 11.1. The second-order valence-corrected chi connectivity index (χ2v) is 5.51. The van der Waals surface area contributed by atoms with Crippen LogP contribution < -0.4 is 10.6 Å². The third-order valence-corrected chi connectivity index (χ3v) is 3.75. The van der Waals surface area contributed by atoms with Gasteiger partial charge in [0, 0.05) is 12.1 Å². The molecule has 1 heterocycles. The predicted molar refractivity (Wildman–Crippen MR) is 73.0 cm³/mol. The topological polar surface area (TPSA) is 66.9 Å². The Morgan fingerprint density at radius 3 is 2.42 bits per heavy atom. The summed E-state index contributed by atoms with van der Waals surface area (Å²) in [5.74, 6) is 0.661. The minimum absolute atomic E-state index is 0.0997. The molecule has 2 saturated carbocycles. The molecule has 2 fully saturated rings. The number of amides is 1. The van der Waals surface area contributed by atoms with Gasteiger partial charge in [0.2, 0.25) is 0 Å². The number of carbonyl (C=O) groups is 1. The first-order chi connectivity index (χ1) is 9.31. The summed E-state index contributed by atoms with van der Waals surface area (Å²) in [6.07, 6.45) is 11.5. The molecule has 5 heteroatoms. The lowest BCUT2D eigenvalue weighted by atomic mass is 9.95. The molecular weight excluding hydrogens is 240 g/mol. The summed E-state index contributed by atoms with van der Waals surface area (Å²) >= 11 is 0. The first-order valence-electron chi connectivity index (χ1n) is 7.21. The highest BCUT2D eigenvalue weighted by molar-refractivity contribution is 5.92. The maximum Gasteiger partial charge on any atom is 0.271 e. The van der Waals surface area contributed by atoms with Crippen LogP contribution in [-0.2, 0) is 0 Å². The Morgan fingerprint density at radius 2 is 1.79 bits per heavy atom. The molecule has 2 aliphatic carbocycles. The maximum atomic E-state index is 12.0. The van der Waals surface area contributed by atoms with Gasteiger partial charge in [0.25, 0.3) is 5.91 Å². The van der Waals surface area contributed by atoms with Crippen molar-refractivity contribution >= 4 is 11.7 Å². The fourth-order valence-corrected chi connectivity index (χ4v) is 2.46. The molecule has 5 nitrogen and oxygen atoms in total. The molecule has 0 atom stereocenters. The van der Waals surface area contributed by atoms with Crippen molar-refractivity contribution in [1.82, 2.24) is 15.3 Å². The molecule has 0 aromatic carbocycles. The largest absolute Gasteiger partial charge is 0.366 e. The SMILES string of the molecule is O=C(NC1CCCCC1)c1cnc(NC2CC2)cn1. The molecule has 2 aliphatic rings. The zero-order valence-corrected chi connectivity index (χ0v) is 11.1. The molecule has 0 spiro atoms. The molecule has 2 N–H and O–H groups in total. The van der Waals surface area contributed by atoms with E-state index in [9.17, 15) is 4.79 Å². The quantitative estimate of drug-likeness (QED) is 0.870. The van der Waals surface area contributed by atoms with E-state index in [0.29, 0.717) is 17.8 Å². The molecule has 19 heavy (non-hydrogen) atoms. The first-order valence-corrected chi connectivity index (χ1v) is 7.21. The monoisotopic (exact) mass is 260 g/mol. The van der Waals surface area contributed by atoms with Gasteiger partial charge in [0.1, 0.15) is 11.5 Å². The summed E-state index contributed by atoms with van der Waals surface area (Å²) in [5, 5.41) is 6.30. The molecule has 102 valence electrons. The van der Waals surface area contributed by atoms with E-state index in [-0.39, 0.29) is 5.91 Å². The van der Waals surface area contributed by atoms with Gasteiger partial charge in [-0.15, -0.1) is 0 Å². The van der Waals surface area contributed by atoms with Crippen molar-refractivity contribution < 1.29 is 4.79 Å². The van der Waals surface area contributed by atoms with Crippen molar-refractivity contribution in [2.75, 3.05) is 5.32 Å². The number of aromatic nitrogens is 2. The fraction of sp³-hybridized carbons (Fsp3) is 0.643. The standard InChI is InChI=1S/C14H20N4O/c19-14(18-10-4-2-1-3-5-10)12-8-16-13(9-15-12)17-11-6-7-11/h8-11H,1-7H2,(H,16,17)(H,18,19). The lowest BCUT2D eigenvalue weighted by Gasteiger charge is -2.22. The average molecular weight is 260 g/mol. The Labute approximate surface area is 113 Å². The average Bonchev–Trinajstić information content (AvgIpc) is 3.25. The van der Waals surface area contributed by atoms with Crippen LogP contribution in [0.25, 0.3) is 0 Å². The molecule has 0 radical (unpaired) electrons. The van der Waals surface area contributed by atoms with Crippen molar-refractivity contribution in [3.63, 3.8) is 0 Å². The molecule has 0 aliphatic heterocycles. The summed E-state index contributed by atoms with van der Waals surface area (Å²) in [6, 6.07) is 0.864. The Morgan fingerprint density at radius 1 is 1.00 bits per heavy atom. The Balaban J connectivity index is 1.55. The number of anilines is 1. The van der Waals surface area contributed by atoms with Crippen LogP contribution in [0.4, 0.5) is 5.82 Å². The summed E-state index contributed by atoms with van der Waals surface area (Å²) in [5.41, 5.74) is 0.409. The number of hydrogen-bond acceptors (Lipinski definition) is 4. The second kappa shape index (κ2) is 5.55. The molecule has 0 saturated heterocycles. The molecule has 0 unspecified atom stereocenters. The lowest BCUT2D eigenvalue weighted by Crippen LogP contribution is -2.36. The lowest BCUT2D eigenvalue weighted by molar-refractivity contribution is 0.0922. The number of rotatable bonds is 4. The highest BCUT2D eigenvalue weighted by Crippen LogP contribution is 2.23. The first kappa shape index (κ1) is 12.4. The summed E-state index contributed by atoms with van der Waals surface area (Å²) in [4.78, 5) is 20.5. The van der Waals surface area contributed by atoms with E-state index < -0.39 is 0 Å². The van der Waals surface area contributed by atoms with Gasteiger partial charge in [-0.1, -0.05) is 19.3 Å². The highest BCUT2D eigenvalue weighted by atomic mass is 16.1. The third kappa shape index (κ3) is 3.43. The minimum Gasteiger partial charge on any atom is -0.366 e. The van der Waals surface area contributed by atoms with Crippen LogP contribution >= 0.6 is 0 Å². The van der Waals surface area contributed by atoms with Crippen LogP contribution in [0, 0.1) is 0 Å². The van der Waals surface area contributed by atoms with Crippen molar-refractivity contribution in [3.05, 3.63) is 18.1 Å². The molecular formula is C14H20N4O. The van der Waals surface area contributed by atoms with E-state index in [1.807, 2.05) is 0 Å². The molecule has 3 rings (SSSR count). The van der Waals surface area contributed by atoms with Gasteiger partial charge < -0.3 is 10.6 Å².